The monoisotopic (exact) mass is 242 g/mol. The summed E-state index contributed by atoms with van der Waals surface area (Å²) in [5.74, 6) is 1.86. The van der Waals surface area contributed by atoms with Crippen molar-refractivity contribution in [2.24, 2.45) is 5.73 Å². The highest BCUT2D eigenvalue weighted by Gasteiger charge is 2.21. The Kier molecular flexibility index (Phi) is 2.92. The van der Waals surface area contributed by atoms with Gasteiger partial charge in [0.05, 0.1) is 5.69 Å². The van der Waals surface area contributed by atoms with Gasteiger partial charge < -0.3 is 10.2 Å². The van der Waals surface area contributed by atoms with Crippen molar-refractivity contribution in [3.63, 3.8) is 0 Å². The number of aromatic nitrogens is 1. The van der Waals surface area contributed by atoms with Gasteiger partial charge >= 0.3 is 0 Å². The number of hydrogen-bond donors (Lipinski definition) is 1. The van der Waals surface area contributed by atoms with Crippen LogP contribution in [0.15, 0.2) is 28.7 Å². The predicted octanol–water partition coefficient (Wildman–Crippen LogP) is 2.39. The molecule has 0 fully saturated rings. The zero-order chi connectivity index (χ0) is 12.5. The van der Waals surface area contributed by atoms with Gasteiger partial charge in [-0.2, -0.15) is 0 Å². The van der Waals surface area contributed by atoms with Crippen molar-refractivity contribution in [1.82, 2.24) is 4.98 Å². The Morgan fingerprint density at radius 2 is 2.22 bits per heavy atom. The maximum absolute atomic E-state index is 5.95. The van der Waals surface area contributed by atoms with Crippen molar-refractivity contribution in [3.05, 3.63) is 52.7 Å². The van der Waals surface area contributed by atoms with Crippen LogP contribution >= 0.6 is 0 Å². The summed E-state index contributed by atoms with van der Waals surface area (Å²) >= 11 is 0. The molecule has 3 nitrogen and oxygen atoms in total. The van der Waals surface area contributed by atoms with E-state index in [1.807, 2.05) is 0 Å². The molecule has 0 bridgehead atoms. The molecule has 0 radical (unpaired) electrons. The zero-order valence-electron chi connectivity index (χ0n) is 10.6. The Bertz CT molecular complexity index is 559. The molecule has 3 rings (SSSR count). The molecule has 2 aromatic rings. The standard InChI is InChI=1S/C15H18N2O/c1-10-4-2-3-5-11(10)8-15-17-13-9-12(16)6-7-14(13)18-15/h2-5,12H,6-9,16H2,1H3. The molecule has 3 heteroatoms. The third-order valence-electron chi connectivity index (χ3n) is 3.62. The van der Waals surface area contributed by atoms with E-state index >= 15 is 0 Å². The van der Waals surface area contributed by atoms with Crippen LogP contribution < -0.4 is 5.73 Å². The molecule has 18 heavy (non-hydrogen) atoms. The van der Waals surface area contributed by atoms with Gasteiger partial charge in [0, 0.05) is 25.3 Å². The van der Waals surface area contributed by atoms with E-state index in [-0.39, 0.29) is 6.04 Å². The number of rotatable bonds is 2. The van der Waals surface area contributed by atoms with Crippen LogP contribution in [0.3, 0.4) is 0 Å². The fourth-order valence-electron chi connectivity index (χ4n) is 2.51. The minimum Gasteiger partial charge on any atom is -0.445 e. The lowest BCUT2D eigenvalue weighted by Gasteiger charge is -2.14. The lowest BCUT2D eigenvalue weighted by molar-refractivity contribution is 0.433. The van der Waals surface area contributed by atoms with E-state index in [4.69, 9.17) is 10.2 Å². The van der Waals surface area contributed by atoms with E-state index < -0.39 is 0 Å². The minimum atomic E-state index is 0.244. The average Bonchev–Trinajstić information content (AvgIpc) is 2.73. The van der Waals surface area contributed by atoms with Crippen molar-refractivity contribution in [2.45, 2.75) is 38.6 Å². The highest BCUT2D eigenvalue weighted by molar-refractivity contribution is 5.28. The number of fused-ring (bicyclic) bond motifs is 1. The molecule has 0 aliphatic heterocycles. The van der Waals surface area contributed by atoms with E-state index in [9.17, 15) is 0 Å². The number of oxazole rings is 1. The fraction of sp³-hybridized carbons (Fsp3) is 0.400. The summed E-state index contributed by atoms with van der Waals surface area (Å²) in [4.78, 5) is 4.59. The van der Waals surface area contributed by atoms with Crippen LogP contribution in [0.25, 0.3) is 0 Å². The highest BCUT2D eigenvalue weighted by atomic mass is 16.4. The Labute approximate surface area is 107 Å². The Morgan fingerprint density at radius 1 is 1.39 bits per heavy atom. The number of nitrogens with zero attached hydrogens (tertiary/aromatic N) is 1. The number of nitrogens with two attached hydrogens (primary N) is 1. The molecule has 1 heterocycles. The first-order chi connectivity index (χ1) is 8.72. The molecule has 1 unspecified atom stereocenters. The van der Waals surface area contributed by atoms with Crippen molar-refractivity contribution < 1.29 is 4.42 Å². The molecular weight excluding hydrogens is 224 g/mol. The number of aryl methyl sites for hydroxylation is 2. The van der Waals surface area contributed by atoms with Gasteiger partial charge in [0.1, 0.15) is 5.76 Å². The molecule has 0 amide bonds. The fourth-order valence-corrected chi connectivity index (χ4v) is 2.51. The van der Waals surface area contributed by atoms with Crippen LogP contribution in [-0.2, 0) is 19.3 Å². The molecule has 0 saturated heterocycles. The SMILES string of the molecule is Cc1ccccc1Cc1nc2c(o1)CCC(N)C2. The minimum absolute atomic E-state index is 0.244. The largest absolute Gasteiger partial charge is 0.445 e. The molecule has 94 valence electrons. The summed E-state index contributed by atoms with van der Waals surface area (Å²) < 4.78 is 5.85. The highest BCUT2D eigenvalue weighted by Crippen LogP contribution is 2.23. The van der Waals surface area contributed by atoms with Gasteiger partial charge in [0.25, 0.3) is 0 Å². The molecule has 2 N–H and O–H groups in total. The summed E-state index contributed by atoms with van der Waals surface area (Å²) in [5, 5.41) is 0. The lowest BCUT2D eigenvalue weighted by atomic mass is 9.98. The Morgan fingerprint density at radius 3 is 3.06 bits per heavy atom. The third kappa shape index (κ3) is 2.18. The molecular formula is C15H18N2O. The Hall–Kier alpha value is -1.61. The van der Waals surface area contributed by atoms with E-state index in [1.54, 1.807) is 0 Å². The van der Waals surface area contributed by atoms with Gasteiger partial charge in [-0.05, 0) is 24.5 Å². The van der Waals surface area contributed by atoms with Crippen LogP contribution in [0.4, 0.5) is 0 Å². The zero-order valence-corrected chi connectivity index (χ0v) is 10.6. The second-order valence-corrected chi connectivity index (χ2v) is 5.08. The maximum Gasteiger partial charge on any atom is 0.199 e. The summed E-state index contributed by atoms with van der Waals surface area (Å²) in [7, 11) is 0. The number of benzene rings is 1. The molecule has 1 aromatic heterocycles. The third-order valence-corrected chi connectivity index (χ3v) is 3.62. The summed E-state index contributed by atoms with van der Waals surface area (Å²) in [6.45, 7) is 2.12. The smallest absolute Gasteiger partial charge is 0.199 e. The lowest BCUT2D eigenvalue weighted by Crippen LogP contribution is -2.27. The molecule has 1 atom stereocenters. The van der Waals surface area contributed by atoms with Crippen LogP contribution in [-0.4, -0.2) is 11.0 Å². The second kappa shape index (κ2) is 4.58. The van der Waals surface area contributed by atoms with Crippen molar-refractivity contribution >= 4 is 0 Å². The van der Waals surface area contributed by atoms with Crippen molar-refractivity contribution in [2.75, 3.05) is 0 Å². The van der Waals surface area contributed by atoms with Gasteiger partial charge in [-0.15, -0.1) is 0 Å². The molecule has 0 saturated carbocycles. The first kappa shape index (κ1) is 11.5. The van der Waals surface area contributed by atoms with Crippen molar-refractivity contribution in [3.8, 4) is 0 Å². The predicted molar refractivity (Wildman–Crippen MR) is 70.5 cm³/mol. The number of hydrogen-bond acceptors (Lipinski definition) is 3. The van der Waals surface area contributed by atoms with Crippen LogP contribution in [0, 0.1) is 6.92 Å². The van der Waals surface area contributed by atoms with Gasteiger partial charge in [-0.25, -0.2) is 4.98 Å². The summed E-state index contributed by atoms with van der Waals surface area (Å²) in [6.07, 6.45) is 3.56. The summed E-state index contributed by atoms with van der Waals surface area (Å²) in [6, 6.07) is 8.60. The first-order valence-electron chi connectivity index (χ1n) is 6.50. The topological polar surface area (TPSA) is 52.0 Å². The van der Waals surface area contributed by atoms with E-state index in [0.29, 0.717) is 0 Å². The van der Waals surface area contributed by atoms with Gasteiger partial charge in [-0.1, -0.05) is 24.3 Å². The summed E-state index contributed by atoms with van der Waals surface area (Å²) in [5.41, 5.74) is 9.58. The van der Waals surface area contributed by atoms with Gasteiger partial charge in [0.2, 0.25) is 0 Å². The van der Waals surface area contributed by atoms with Crippen LogP contribution in [0.1, 0.15) is 34.9 Å². The van der Waals surface area contributed by atoms with Crippen molar-refractivity contribution in [1.29, 1.82) is 0 Å². The van der Waals surface area contributed by atoms with Gasteiger partial charge in [-0.3, -0.25) is 0 Å². The average molecular weight is 242 g/mol. The quantitative estimate of drug-likeness (QED) is 0.879. The van der Waals surface area contributed by atoms with E-state index in [0.717, 1.165) is 43.0 Å². The maximum atomic E-state index is 5.95. The molecule has 1 aliphatic carbocycles. The molecule has 0 spiro atoms. The normalized spacial score (nSPS) is 18.7. The van der Waals surface area contributed by atoms with Crippen LogP contribution in [0.5, 0.6) is 0 Å². The second-order valence-electron chi connectivity index (χ2n) is 5.08. The van der Waals surface area contributed by atoms with E-state index in [1.165, 1.54) is 11.1 Å². The molecule has 1 aromatic carbocycles. The van der Waals surface area contributed by atoms with Gasteiger partial charge in [0.15, 0.2) is 5.89 Å². The Balaban J connectivity index is 1.84. The first-order valence-corrected chi connectivity index (χ1v) is 6.50. The van der Waals surface area contributed by atoms with Crippen LogP contribution in [0.2, 0.25) is 0 Å². The molecule has 1 aliphatic rings. The van der Waals surface area contributed by atoms with E-state index in [2.05, 4.69) is 36.2 Å².